The van der Waals surface area contributed by atoms with Gasteiger partial charge in [-0.15, -0.1) is 0 Å². The van der Waals surface area contributed by atoms with Crippen LogP contribution >= 0.6 is 0 Å². The van der Waals surface area contributed by atoms with Gasteiger partial charge in [0.25, 0.3) is 5.91 Å². The fourth-order valence-electron chi connectivity index (χ4n) is 1.75. The Hall–Kier alpha value is -2.67. The molecule has 3 N–H and O–H groups in total. The van der Waals surface area contributed by atoms with Crippen LogP contribution in [-0.4, -0.2) is 11.7 Å². The Kier molecular flexibility index (Phi) is 4.34. The molecule has 6 nitrogen and oxygen atoms in total. The van der Waals surface area contributed by atoms with Gasteiger partial charge in [-0.05, 0) is 25.1 Å². The van der Waals surface area contributed by atoms with E-state index in [2.05, 4.69) is 0 Å². The second-order valence-corrected chi connectivity index (χ2v) is 4.22. The molecule has 0 aliphatic heterocycles. The van der Waals surface area contributed by atoms with Gasteiger partial charge in [-0.2, -0.15) is 0 Å². The lowest BCUT2D eigenvalue weighted by atomic mass is 10.1. The molecule has 7 heteroatoms. The highest BCUT2D eigenvalue weighted by Crippen LogP contribution is 2.19. The lowest BCUT2D eigenvalue weighted by Gasteiger charge is -2.07. The predicted octanol–water partition coefficient (Wildman–Crippen LogP) is 1.80. The molecule has 0 fully saturated rings. The van der Waals surface area contributed by atoms with Crippen LogP contribution in [0.4, 0.5) is 4.39 Å². The van der Waals surface area contributed by atoms with Crippen LogP contribution in [0, 0.1) is 5.82 Å². The van der Waals surface area contributed by atoms with Crippen molar-refractivity contribution >= 4 is 11.7 Å². The molecule has 0 radical (unpaired) electrons. The van der Waals surface area contributed by atoms with Gasteiger partial charge in [0.1, 0.15) is 18.2 Å². The third kappa shape index (κ3) is 3.26. The smallest absolute Gasteiger partial charge is 0.268 e. The number of hydrogen-bond donors (Lipinski definition) is 2. The molecule has 110 valence electrons. The Morgan fingerprint density at radius 1 is 1.33 bits per heavy atom. The Morgan fingerprint density at radius 2 is 2.10 bits per heavy atom. The molecule has 21 heavy (non-hydrogen) atoms. The van der Waals surface area contributed by atoms with E-state index in [9.17, 15) is 14.0 Å². The Labute approximate surface area is 119 Å². The summed E-state index contributed by atoms with van der Waals surface area (Å²) >= 11 is 0. The number of carbonyl (C=O) groups excluding carboxylic acids is 2. The Balaban J connectivity index is 2.10. The van der Waals surface area contributed by atoms with Crippen molar-refractivity contribution in [1.82, 2.24) is 5.43 Å². The molecule has 0 aliphatic rings. The first kappa shape index (κ1) is 14.7. The summed E-state index contributed by atoms with van der Waals surface area (Å²) in [6.07, 6.45) is 1.32. The number of amides is 1. The molecule has 2 aromatic rings. The molecule has 1 amide bonds. The molecule has 1 aromatic carbocycles. The molecule has 0 atom stereocenters. The van der Waals surface area contributed by atoms with Gasteiger partial charge in [0.2, 0.25) is 0 Å². The first-order chi connectivity index (χ1) is 10.0. The van der Waals surface area contributed by atoms with E-state index in [1.54, 1.807) is 0 Å². The summed E-state index contributed by atoms with van der Waals surface area (Å²) < 4.78 is 24.1. The highest BCUT2D eigenvalue weighted by atomic mass is 19.1. The predicted molar refractivity (Wildman–Crippen MR) is 71.1 cm³/mol. The third-order valence-corrected chi connectivity index (χ3v) is 2.81. The lowest BCUT2D eigenvalue weighted by molar-refractivity contribution is 0.0948. The lowest BCUT2D eigenvalue weighted by Crippen LogP contribution is -2.30. The number of ketones is 1. The standard InChI is InChI=1S/C14H13FN2O4/c1-8(18)10-3-2-9(6-12(10)15)21-7-13-11(4-5-20-13)14(19)17-16/h2-6H,7,16H2,1H3,(H,17,19). The van der Waals surface area contributed by atoms with E-state index in [4.69, 9.17) is 15.0 Å². The maximum absolute atomic E-state index is 13.6. The summed E-state index contributed by atoms with van der Waals surface area (Å²) in [7, 11) is 0. The van der Waals surface area contributed by atoms with Gasteiger partial charge < -0.3 is 9.15 Å². The van der Waals surface area contributed by atoms with Crippen LogP contribution in [0.5, 0.6) is 5.75 Å². The number of furan rings is 1. The molecule has 0 saturated carbocycles. The number of benzene rings is 1. The molecular formula is C14H13FN2O4. The first-order valence-corrected chi connectivity index (χ1v) is 6.03. The minimum Gasteiger partial charge on any atom is -0.486 e. The van der Waals surface area contributed by atoms with E-state index < -0.39 is 11.7 Å². The largest absolute Gasteiger partial charge is 0.486 e. The number of nitrogen functional groups attached to an aromatic ring is 1. The van der Waals surface area contributed by atoms with E-state index in [1.807, 2.05) is 5.43 Å². The number of hydrogen-bond acceptors (Lipinski definition) is 5. The summed E-state index contributed by atoms with van der Waals surface area (Å²) in [6, 6.07) is 5.34. The normalized spacial score (nSPS) is 10.2. The highest BCUT2D eigenvalue weighted by Gasteiger charge is 2.14. The minimum atomic E-state index is -0.667. The number of rotatable bonds is 5. The van der Waals surface area contributed by atoms with Crippen molar-refractivity contribution in [2.24, 2.45) is 5.84 Å². The minimum absolute atomic E-state index is 0.0106. The monoisotopic (exact) mass is 292 g/mol. The van der Waals surface area contributed by atoms with Crippen LogP contribution in [0.15, 0.2) is 34.9 Å². The van der Waals surface area contributed by atoms with Crippen molar-refractivity contribution in [2.45, 2.75) is 13.5 Å². The maximum Gasteiger partial charge on any atom is 0.268 e. The molecule has 0 aliphatic carbocycles. The first-order valence-electron chi connectivity index (χ1n) is 6.03. The van der Waals surface area contributed by atoms with Gasteiger partial charge in [-0.3, -0.25) is 15.0 Å². The average Bonchev–Trinajstić information content (AvgIpc) is 2.92. The average molecular weight is 292 g/mol. The summed E-state index contributed by atoms with van der Waals surface area (Å²) in [5.74, 6) is 3.97. The van der Waals surface area contributed by atoms with Gasteiger partial charge in [0.15, 0.2) is 11.5 Å². The number of carbonyl (C=O) groups is 2. The van der Waals surface area contributed by atoms with E-state index in [-0.39, 0.29) is 35.0 Å². The highest BCUT2D eigenvalue weighted by molar-refractivity contribution is 5.95. The van der Waals surface area contributed by atoms with Crippen molar-refractivity contribution in [1.29, 1.82) is 0 Å². The fourth-order valence-corrected chi connectivity index (χ4v) is 1.75. The Bertz CT molecular complexity index is 681. The number of hydrazine groups is 1. The van der Waals surface area contributed by atoms with Crippen LogP contribution in [0.3, 0.4) is 0 Å². The van der Waals surface area contributed by atoms with Crippen LogP contribution in [-0.2, 0) is 6.61 Å². The molecule has 0 bridgehead atoms. The van der Waals surface area contributed by atoms with Gasteiger partial charge >= 0.3 is 0 Å². The van der Waals surface area contributed by atoms with E-state index in [1.165, 1.54) is 31.4 Å². The summed E-state index contributed by atoms with van der Waals surface area (Å²) in [6.45, 7) is 1.20. The molecular weight excluding hydrogens is 279 g/mol. The van der Waals surface area contributed by atoms with Crippen LogP contribution in [0.1, 0.15) is 33.4 Å². The molecule has 0 spiro atoms. The molecule has 1 aromatic heterocycles. The summed E-state index contributed by atoms with van der Waals surface area (Å²) in [5, 5.41) is 0. The third-order valence-electron chi connectivity index (χ3n) is 2.81. The van der Waals surface area contributed by atoms with Crippen molar-refractivity contribution in [2.75, 3.05) is 0 Å². The van der Waals surface area contributed by atoms with Crippen molar-refractivity contribution in [3.63, 3.8) is 0 Å². The van der Waals surface area contributed by atoms with Crippen molar-refractivity contribution in [3.8, 4) is 5.75 Å². The van der Waals surface area contributed by atoms with Crippen LogP contribution in [0.25, 0.3) is 0 Å². The van der Waals surface area contributed by atoms with E-state index in [0.717, 1.165) is 6.07 Å². The number of Topliss-reactive ketones (excluding diaryl/α,β-unsaturated/α-hetero) is 1. The molecule has 2 rings (SSSR count). The van der Waals surface area contributed by atoms with Crippen LogP contribution < -0.4 is 16.0 Å². The van der Waals surface area contributed by atoms with Crippen molar-refractivity contribution in [3.05, 3.63) is 53.2 Å². The number of ether oxygens (including phenoxy) is 1. The number of halogens is 1. The zero-order chi connectivity index (χ0) is 15.4. The second kappa shape index (κ2) is 6.19. The van der Waals surface area contributed by atoms with E-state index >= 15 is 0 Å². The van der Waals surface area contributed by atoms with E-state index in [0.29, 0.717) is 0 Å². The molecule has 1 heterocycles. The van der Waals surface area contributed by atoms with Crippen molar-refractivity contribution < 1.29 is 23.1 Å². The number of nitrogens with two attached hydrogens (primary N) is 1. The summed E-state index contributed by atoms with van der Waals surface area (Å²) in [5.41, 5.74) is 2.21. The fraction of sp³-hybridized carbons (Fsp3) is 0.143. The molecule has 0 unspecified atom stereocenters. The van der Waals surface area contributed by atoms with Gasteiger partial charge in [0, 0.05) is 6.07 Å². The Morgan fingerprint density at radius 3 is 2.71 bits per heavy atom. The summed E-state index contributed by atoms with van der Waals surface area (Å²) in [4.78, 5) is 22.6. The SMILES string of the molecule is CC(=O)c1ccc(OCc2occc2C(=O)NN)cc1F. The van der Waals surface area contributed by atoms with Gasteiger partial charge in [-0.25, -0.2) is 10.2 Å². The van der Waals surface area contributed by atoms with Gasteiger partial charge in [-0.1, -0.05) is 0 Å². The van der Waals surface area contributed by atoms with Crippen LogP contribution in [0.2, 0.25) is 0 Å². The zero-order valence-corrected chi connectivity index (χ0v) is 11.2. The number of nitrogens with one attached hydrogen (secondary N) is 1. The second-order valence-electron chi connectivity index (χ2n) is 4.22. The molecule has 0 saturated heterocycles. The maximum atomic E-state index is 13.6. The zero-order valence-electron chi connectivity index (χ0n) is 11.2. The van der Waals surface area contributed by atoms with Gasteiger partial charge in [0.05, 0.1) is 17.4 Å². The topological polar surface area (TPSA) is 94.6 Å². The quantitative estimate of drug-likeness (QED) is 0.379.